The van der Waals surface area contributed by atoms with Crippen molar-refractivity contribution in [2.45, 2.75) is 6.92 Å². The standard InChI is InChI=1S/C19H12F4N6/c1-10-27-17-18(24)28(26-8-11-2-3-12(20)6-14(11)22)9-25-19(17)29(10)16-5-4-13(21)7-15(16)23/h2-9,24H,1H3/b24-18?,26-8-. The van der Waals surface area contributed by atoms with Gasteiger partial charge >= 0.3 is 0 Å². The summed E-state index contributed by atoms with van der Waals surface area (Å²) < 4.78 is 56.6. The van der Waals surface area contributed by atoms with Gasteiger partial charge in [-0.3, -0.25) is 9.98 Å². The Morgan fingerprint density at radius 3 is 2.38 bits per heavy atom. The van der Waals surface area contributed by atoms with E-state index in [1.165, 1.54) is 23.0 Å². The van der Waals surface area contributed by atoms with Crippen molar-refractivity contribution >= 4 is 17.4 Å². The highest BCUT2D eigenvalue weighted by Gasteiger charge is 2.16. The van der Waals surface area contributed by atoms with Gasteiger partial charge in [-0.15, -0.1) is 0 Å². The van der Waals surface area contributed by atoms with Crippen molar-refractivity contribution in [2.24, 2.45) is 5.10 Å². The van der Waals surface area contributed by atoms with Crippen LogP contribution in [0.2, 0.25) is 0 Å². The second-order valence-corrected chi connectivity index (χ2v) is 6.11. The molecule has 0 aliphatic carbocycles. The van der Waals surface area contributed by atoms with Crippen molar-refractivity contribution in [3.8, 4) is 5.69 Å². The number of hydrogen-bond donors (Lipinski definition) is 1. The Morgan fingerprint density at radius 1 is 1.00 bits per heavy atom. The second-order valence-electron chi connectivity index (χ2n) is 6.11. The average molecular weight is 400 g/mol. The first-order valence-corrected chi connectivity index (χ1v) is 8.31. The Morgan fingerprint density at radius 2 is 1.69 bits per heavy atom. The molecular formula is C19H12F4N6. The minimum absolute atomic E-state index is 0.0218. The fraction of sp³-hybridized carbons (Fsp3) is 0.0526. The van der Waals surface area contributed by atoms with Gasteiger partial charge in [0, 0.05) is 17.7 Å². The van der Waals surface area contributed by atoms with E-state index in [1.807, 2.05) is 0 Å². The third-order valence-corrected chi connectivity index (χ3v) is 4.20. The molecule has 2 heterocycles. The summed E-state index contributed by atoms with van der Waals surface area (Å²) in [5.74, 6) is -2.71. The molecule has 6 nitrogen and oxygen atoms in total. The molecular weight excluding hydrogens is 388 g/mol. The molecule has 4 rings (SSSR count). The van der Waals surface area contributed by atoms with Crippen molar-refractivity contribution < 1.29 is 17.6 Å². The van der Waals surface area contributed by atoms with E-state index < -0.39 is 23.3 Å². The minimum Gasteiger partial charge on any atom is -0.281 e. The first-order valence-electron chi connectivity index (χ1n) is 8.31. The van der Waals surface area contributed by atoms with Crippen LogP contribution in [-0.4, -0.2) is 25.4 Å². The van der Waals surface area contributed by atoms with Crippen molar-refractivity contribution in [2.75, 3.05) is 0 Å². The summed E-state index contributed by atoms with van der Waals surface area (Å²) >= 11 is 0. The highest BCUT2D eigenvalue weighted by molar-refractivity contribution is 5.80. The number of hydrogen-bond acceptors (Lipinski definition) is 4. The van der Waals surface area contributed by atoms with Crippen molar-refractivity contribution in [1.82, 2.24) is 19.2 Å². The van der Waals surface area contributed by atoms with E-state index in [-0.39, 0.29) is 27.9 Å². The smallest absolute Gasteiger partial charge is 0.177 e. The molecule has 1 N–H and O–H groups in total. The van der Waals surface area contributed by atoms with Crippen LogP contribution in [0.5, 0.6) is 0 Å². The number of nitrogens with one attached hydrogen (secondary N) is 1. The van der Waals surface area contributed by atoms with E-state index in [0.717, 1.165) is 35.2 Å². The van der Waals surface area contributed by atoms with Crippen LogP contribution in [0.15, 0.2) is 47.8 Å². The molecule has 0 radical (unpaired) electrons. The monoisotopic (exact) mass is 400 g/mol. The lowest BCUT2D eigenvalue weighted by atomic mass is 10.2. The molecule has 2 aromatic carbocycles. The number of nitrogens with zero attached hydrogens (tertiary/aromatic N) is 5. The first kappa shape index (κ1) is 18.5. The maximum atomic E-state index is 14.2. The van der Waals surface area contributed by atoms with Crippen LogP contribution in [0.25, 0.3) is 16.9 Å². The number of aromatic nitrogens is 4. The van der Waals surface area contributed by atoms with Gasteiger partial charge < -0.3 is 0 Å². The Hall–Kier alpha value is -3.82. The first-order chi connectivity index (χ1) is 13.8. The van der Waals surface area contributed by atoms with Crippen LogP contribution in [0.3, 0.4) is 0 Å². The lowest BCUT2D eigenvalue weighted by Crippen LogP contribution is -2.18. The van der Waals surface area contributed by atoms with Gasteiger partial charge in [0.05, 0.1) is 11.9 Å². The predicted molar refractivity (Wildman–Crippen MR) is 96.7 cm³/mol. The van der Waals surface area contributed by atoms with E-state index in [1.54, 1.807) is 6.92 Å². The van der Waals surface area contributed by atoms with Crippen molar-refractivity contribution in [3.05, 3.63) is 82.9 Å². The van der Waals surface area contributed by atoms with Crippen LogP contribution in [0.4, 0.5) is 17.6 Å². The second kappa shape index (κ2) is 6.97. The molecule has 2 aromatic heterocycles. The van der Waals surface area contributed by atoms with Gasteiger partial charge in [0.25, 0.3) is 0 Å². The Kier molecular flexibility index (Phi) is 4.45. The zero-order chi connectivity index (χ0) is 20.7. The van der Waals surface area contributed by atoms with Crippen molar-refractivity contribution in [3.63, 3.8) is 0 Å². The molecule has 0 aliphatic heterocycles. The lowest BCUT2D eigenvalue weighted by molar-refractivity contribution is 0.577. The summed E-state index contributed by atoms with van der Waals surface area (Å²) in [7, 11) is 0. The molecule has 0 unspecified atom stereocenters. The highest BCUT2D eigenvalue weighted by atomic mass is 19.1. The molecule has 0 amide bonds. The summed E-state index contributed by atoms with van der Waals surface area (Å²) in [5.41, 5.74) is 0.169. The van der Waals surface area contributed by atoms with E-state index in [4.69, 9.17) is 5.41 Å². The topological polar surface area (TPSA) is 71.8 Å². The van der Waals surface area contributed by atoms with Gasteiger partial charge in [0.1, 0.15) is 35.4 Å². The number of rotatable bonds is 3. The van der Waals surface area contributed by atoms with Gasteiger partial charge in [-0.1, -0.05) is 0 Å². The number of imidazole rings is 1. The number of aryl methyl sites for hydroxylation is 1. The van der Waals surface area contributed by atoms with Crippen LogP contribution >= 0.6 is 0 Å². The molecule has 0 aliphatic rings. The third-order valence-electron chi connectivity index (χ3n) is 4.20. The summed E-state index contributed by atoms with van der Waals surface area (Å²) in [5, 5.41) is 12.2. The Balaban J connectivity index is 1.81. The van der Waals surface area contributed by atoms with Gasteiger partial charge in [-0.2, -0.15) is 5.10 Å². The normalized spacial score (nSPS) is 11.6. The van der Waals surface area contributed by atoms with Gasteiger partial charge in [-0.25, -0.2) is 32.2 Å². The van der Waals surface area contributed by atoms with Crippen LogP contribution in [0, 0.1) is 35.6 Å². The number of fused-ring (bicyclic) bond motifs is 1. The Labute approximate surface area is 160 Å². The maximum absolute atomic E-state index is 14.2. The summed E-state index contributed by atoms with van der Waals surface area (Å²) in [6.07, 6.45) is 2.30. The van der Waals surface area contributed by atoms with Crippen LogP contribution in [0.1, 0.15) is 11.4 Å². The van der Waals surface area contributed by atoms with Crippen molar-refractivity contribution in [1.29, 1.82) is 5.41 Å². The predicted octanol–water partition coefficient (Wildman–Crippen LogP) is 3.45. The molecule has 0 bridgehead atoms. The zero-order valence-corrected chi connectivity index (χ0v) is 14.9. The molecule has 10 heteroatoms. The maximum Gasteiger partial charge on any atom is 0.177 e. The molecule has 4 aromatic rings. The van der Waals surface area contributed by atoms with E-state index in [0.29, 0.717) is 5.82 Å². The van der Waals surface area contributed by atoms with Gasteiger partial charge in [0.2, 0.25) is 0 Å². The summed E-state index contributed by atoms with van der Waals surface area (Å²) in [6, 6.07) is 6.11. The Bertz CT molecular complexity index is 1340. The quantitative estimate of drug-likeness (QED) is 0.423. The van der Waals surface area contributed by atoms with Gasteiger partial charge in [0.15, 0.2) is 16.7 Å². The van der Waals surface area contributed by atoms with Crippen LogP contribution < -0.4 is 5.49 Å². The zero-order valence-electron chi connectivity index (χ0n) is 14.9. The highest BCUT2D eigenvalue weighted by Crippen LogP contribution is 2.21. The molecule has 146 valence electrons. The number of halogens is 4. The molecule has 0 atom stereocenters. The fourth-order valence-electron chi connectivity index (χ4n) is 2.84. The average Bonchev–Trinajstić information content (AvgIpc) is 2.99. The summed E-state index contributed by atoms with van der Waals surface area (Å²) in [4.78, 5) is 8.40. The third kappa shape index (κ3) is 3.28. The fourth-order valence-corrected chi connectivity index (χ4v) is 2.84. The SMILES string of the molecule is Cc1nc2c(=N)n(/N=C\c3ccc(F)cc3F)cnc2n1-c1ccc(F)cc1F. The van der Waals surface area contributed by atoms with E-state index >= 15 is 0 Å². The molecule has 0 fully saturated rings. The lowest BCUT2D eigenvalue weighted by Gasteiger charge is -2.07. The van der Waals surface area contributed by atoms with E-state index in [2.05, 4.69) is 15.1 Å². The molecule has 0 spiro atoms. The number of benzene rings is 2. The molecule has 0 saturated heterocycles. The largest absolute Gasteiger partial charge is 0.281 e. The minimum atomic E-state index is -0.804. The van der Waals surface area contributed by atoms with Gasteiger partial charge in [-0.05, 0) is 31.2 Å². The molecule has 29 heavy (non-hydrogen) atoms. The van der Waals surface area contributed by atoms with Crippen LogP contribution in [-0.2, 0) is 0 Å². The molecule has 0 saturated carbocycles. The van der Waals surface area contributed by atoms with E-state index in [9.17, 15) is 17.6 Å². The summed E-state index contributed by atoms with van der Waals surface area (Å²) in [6.45, 7) is 1.59.